The van der Waals surface area contributed by atoms with E-state index < -0.39 is 0 Å². The van der Waals surface area contributed by atoms with Crippen molar-refractivity contribution in [2.24, 2.45) is 0 Å². The summed E-state index contributed by atoms with van der Waals surface area (Å²) >= 11 is 0. The number of piperidine rings is 1. The van der Waals surface area contributed by atoms with E-state index in [0.717, 1.165) is 60.2 Å². The Morgan fingerprint density at radius 1 is 1.27 bits per heavy atom. The van der Waals surface area contributed by atoms with Crippen LogP contribution in [0.3, 0.4) is 0 Å². The molecule has 3 aromatic rings. The van der Waals surface area contributed by atoms with Gasteiger partial charge in [0.15, 0.2) is 0 Å². The van der Waals surface area contributed by atoms with Crippen LogP contribution in [0, 0.1) is 6.92 Å². The number of allylic oxidation sites excluding steroid dienone is 1. The van der Waals surface area contributed by atoms with Crippen LogP contribution in [0.5, 0.6) is 5.75 Å². The Labute approximate surface area is 177 Å². The van der Waals surface area contributed by atoms with Crippen LogP contribution in [0.4, 0.5) is 5.95 Å². The van der Waals surface area contributed by atoms with Crippen LogP contribution in [-0.2, 0) is 0 Å². The Hall–Kier alpha value is -3.19. The standard InChI is InChI=1S/C23H28N6O/c1-4-13-29-16(2)26-21(17-7-5-9-19(14-17)30-3)22(29)20-10-12-25-23(28-20)27-18-8-6-11-24-15-18/h4-5,7,9-10,12-14,18,24H,6,8,11,15H2,1-3H3,(H,25,27,28)/b13-4-/t18-/m1/s1. The highest BCUT2D eigenvalue weighted by Crippen LogP contribution is 2.34. The minimum atomic E-state index is 0.342. The van der Waals surface area contributed by atoms with Gasteiger partial charge in [-0.1, -0.05) is 18.2 Å². The number of hydrogen-bond donors (Lipinski definition) is 2. The first-order valence-electron chi connectivity index (χ1n) is 10.4. The molecule has 0 unspecified atom stereocenters. The second kappa shape index (κ2) is 9.09. The number of nitrogens with zero attached hydrogens (tertiary/aromatic N) is 4. The van der Waals surface area contributed by atoms with Gasteiger partial charge in [0.25, 0.3) is 0 Å². The highest BCUT2D eigenvalue weighted by Gasteiger charge is 2.20. The monoisotopic (exact) mass is 404 g/mol. The third-order valence-electron chi connectivity index (χ3n) is 5.26. The first kappa shape index (κ1) is 20.1. The predicted molar refractivity (Wildman–Crippen MR) is 120 cm³/mol. The highest BCUT2D eigenvalue weighted by molar-refractivity contribution is 5.79. The summed E-state index contributed by atoms with van der Waals surface area (Å²) in [6.45, 7) is 6.00. The number of ether oxygens (including phenoxy) is 1. The summed E-state index contributed by atoms with van der Waals surface area (Å²) in [4.78, 5) is 14.2. The van der Waals surface area contributed by atoms with Crippen molar-refractivity contribution in [2.45, 2.75) is 32.7 Å². The molecule has 1 aromatic carbocycles. The zero-order valence-corrected chi connectivity index (χ0v) is 17.7. The maximum atomic E-state index is 5.42. The van der Waals surface area contributed by atoms with E-state index in [1.165, 1.54) is 0 Å². The van der Waals surface area contributed by atoms with Crippen molar-refractivity contribution < 1.29 is 4.74 Å². The van der Waals surface area contributed by atoms with E-state index in [1.54, 1.807) is 13.3 Å². The number of hydrogen-bond acceptors (Lipinski definition) is 6. The number of imidazole rings is 1. The molecule has 1 atom stereocenters. The van der Waals surface area contributed by atoms with E-state index in [1.807, 2.05) is 56.5 Å². The molecule has 0 saturated carbocycles. The molecule has 1 aliphatic rings. The van der Waals surface area contributed by atoms with Gasteiger partial charge < -0.3 is 19.9 Å². The largest absolute Gasteiger partial charge is 0.497 e. The Kier molecular flexibility index (Phi) is 6.09. The Bertz CT molecular complexity index is 1040. The van der Waals surface area contributed by atoms with Gasteiger partial charge in [0.1, 0.15) is 11.6 Å². The molecule has 156 valence electrons. The maximum absolute atomic E-state index is 5.42. The van der Waals surface area contributed by atoms with Gasteiger partial charge in [0, 0.05) is 30.5 Å². The van der Waals surface area contributed by atoms with Gasteiger partial charge in [-0.25, -0.2) is 15.0 Å². The minimum Gasteiger partial charge on any atom is -0.497 e. The van der Waals surface area contributed by atoms with Gasteiger partial charge >= 0.3 is 0 Å². The predicted octanol–water partition coefficient (Wildman–Crippen LogP) is 3.98. The molecule has 4 rings (SSSR count). The molecule has 0 radical (unpaired) electrons. The van der Waals surface area contributed by atoms with Crippen LogP contribution in [0.25, 0.3) is 28.8 Å². The summed E-state index contributed by atoms with van der Waals surface area (Å²) in [6.07, 6.45) is 8.09. The summed E-state index contributed by atoms with van der Waals surface area (Å²) < 4.78 is 7.49. The lowest BCUT2D eigenvalue weighted by molar-refractivity contribution is 0.415. The summed E-state index contributed by atoms with van der Waals surface area (Å²) in [7, 11) is 1.67. The normalized spacial score (nSPS) is 16.7. The van der Waals surface area contributed by atoms with Gasteiger partial charge in [-0.05, 0) is 51.4 Å². The molecule has 0 aliphatic carbocycles. The molecular formula is C23H28N6O. The maximum Gasteiger partial charge on any atom is 0.223 e. The smallest absolute Gasteiger partial charge is 0.223 e. The van der Waals surface area contributed by atoms with E-state index in [9.17, 15) is 0 Å². The second-order valence-corrected chi connectivity index (χ2v) is 7.39. The van der Waals surface area contributed by atoms with Crippen LogP contribution >= 0.6 is 0 Å². The molecular weight excluding hydrogens is 376 g/mol. The van der Waals surface area contributed by atoms with Crippen molar-refractivity contribution in [3.8, 4) is 28.4 Å². The van der Waals surface area contributed by atoms with Crippen molar-refractivity contribution in [3.63, 3.8) is 0 Å². The molecule has 7 nitrogen and oxygen atoms in total. The van der Waals surface area contributed by atoms with E-state index in [-0.39, 0.29) is 0 Å². The average Bonchev–Trinajstić information content (AvgIpc) is 3.11. The Morgan fingerprint density at radius 2 is 2.17 bits per heavy atom. The van der Waals surface area contributed by atoms with Gasteiger partial charge in [0.05, 0.1) is 24.2 Å². The molecule has 30 heavy (non-hydrogen) atoms. The number of nitrogens with one attached hydrogen (secondary N) is 2. The van der Waals surface area contributed by atoms with Gasteiger partial charge in [-0.15, -0.1) is 0 Å². The Morgan fingerprint density at radius 3 is 2.93 bits per heavy atom. The summed E-state index contributed by atoms with van der Waals surface area (Å²) in [5.74, 6) is 2.33. The van der Waals surface area contributed by atoms with E-state index in [2.05, 4.69) is 20.2 Å². The van der Waals surface area contributed by atoms with Crippen LogP contribution in [0.2, 0.25) is 0 Å². The van der Waals surface area contributed by atoms with Crippen molar-refractivity contribution in [2.75, 3.05) is 25.5 Å². The van der Waals surface area contributed by atoms with Gasteiger partial charge in [0.2, 0.25) is 5.95 Å². The van der Waals surface area contributed by atoms with Crippen molar-refractivity contribution in [3.05, 3.63) is 48.4 Å². The number of rotatable bonds is 6. The molecule has 1 saturated heterocycles. The lowest BCUT2D eigenvalue weighted by Crippen LogP contribution is -2.38. The van der Waals surface area contributed by atoms with Gasteiger partial charge in [-0.2, -0.15) is 0 Å². The zero-order valence-electron chi connectivity index (χ0n) is 17.7. The number of aryl methyl sites for hydroxylation is 1. The topological polar surface area (TPSA) is 76.9 Å². The fraction of sp³-hybridized carbons (Fsp3) is 0.348. The number of anilines is 1. The molecule has 0 spiro atoms. The van der Waals surface area contributed by atoms with Gasteiger partial charge in [-0.3, -0.25) is 0 Å². The van der Waals surface area contributed by atoms with E-state index in [4.69, 9.17) is 14.7 Å². The van der Waals surface area contributed by atoms with Crippen molar-refractivity contribution >= 4 is 12.1 Å². The van der Waals surface area contributed by atoms with Crippen LogP contribution in [0.1, 0.15) is 25.6 Å². The lowest BCUT2D eigenvalue weighted by atomic mass is 10.1. The highest BCUT2D eigenvalue weighted by atomic mass is 16.5. The number of aromatic nitrogens is 4. The molecule has 7 heteroatoms. The average molecular weight is 405 g/mol. The minimum absolute atomic E-state index is 0.342. The first-order valence-corrected chi connectivity index (χ1v) is 10.4. The molecule has 1 aliphatic heterocycles. The Balaban J connectivity index is 1.78. The van der Waals surface area contributed by atoms with Crippen LogP contribution in [-0.4, -0.2) is 45.8 Å². The number of benzene rings is 1. The third-order valence-corrected chi connectivity index (χ3v) is 5.26. The van der Waals surface area contributed by atoms with E-state index >= 15 is 0 Å². The molecule has 0 amide bonds. The van der Waals surface area contributed by atoms with E-state index in [0.29, 0.717) is 12.0 Å². The fourth-order valence-electron chi connectivity index (χ4n) is 3.81. The molecule has 3 heterocycles. The number of methoxy groups -OCH3 is 1. The van der Waals surface area contributed by atoms with Crippen molar-refractivity contribution in [1.82, 2.24) is 24.8 Å². The van der Waals surface area contributed by atoms with Crippen LogP contribution in [0.15, 0.2) is 42.6 Å². The molecule has 2 aromatic heterocycles. The molecule has 2 N–H and O–H groups in total. The zero-order chi connectivity index (χ0) is 20.9. The lowest BCUT2D eigenvalue weighted by Gasteiger charge is -2.23. The second-order valence-electron chi connectivity index (χ2n) is 7.39. The molecule has 1 fully saturated rings. The third kappa shape index (κ3) is 4.21. The summed E-state index contributed by atoms with van der Waals surface area (Å²) in [5, 5.41) is 6.89. The van der Waals surface area contributed by atoms with Crippen LogP contribution < -0.4 is 15.4 Å². The fourth-order valence-corrected chi connectivity index (χ4v) is 3.81. The summed E-state index contributed by atoms with van der Waals surface area (Å²) in [6, 6.07) is 10.2. The molecule has 0 bridgehead atoms. The first-order chi connectivity index (χ1) is 14.7. The quantitative estimate of drug-likeness (QED) is 0.647. The summed E-state index contributed by atoms with van der Waals surface area (Å²) in [5.41, 5.74) is 3.62. The SMILES string of the molecule is C/C=C\n1c(C)nc(-c2cccc(OC)c2)c1-c1ccnc(N[C@@H]2CCCNC2)n1. The van der Waals surface area contributed by atoms with Crippen molar-refractivity contribution in [1.29, 1.82) is 0 Å².